The Morgan fingerprint density at radius 2 is 2.14 bits per heavy atom. The number of nitriles is 1. The average molecular weight is 308 g/mol. The van der Waals surface area contributed by atoms with Crippen LogP contribution in [0, 0.1) is 17.1 Å². The fourth-order valence-corrected chi connectivity index (χ4v) is 1.51. The minimum Gasteiger partial charge on any atom is -0.502 e. The van der Waals surface area contributed by atoms with Gasteiger partial charge in [-0.1, -0.05) is 6.07 Å². The maximum atomic E-state index is 13.2. The van der Waals surface area contributed by atoms with Crippen LogP contribution in [-0.4, -0.2) is 36.3 Å². The van der Waals surface area contributed by atoms with Crippen LogP contribution < -0.4 is 0 Å². The fraction of sp³-hybridized carbons (Fsp3) is 0.214. The molecule has 0 bridgehead atoms. The van der Waals surface area contributed by atoms with Crippen LogP contribution in [0.4, 0.5) is 4.39 Å². The van der Waals surface area contributed by atoms with Crippen molar-refractivity contribution in [2.45, 2.75) is 6.54 Å². The molecule has 8 heteroatoms. The highest BCUT2D eigenvalue weighted by Gasteiger charge is 2.16. The molecular formula is C14H13FN2O5. The highest BCUT2D eigenvalue weighted by Crippen LogP contribution is 2.12. The number of hydroxylamine groups is 2. The minimum absolute atomic E-state index is 0.116. The number of amides is 1. The van der Waals surface area contributed by atoms with E-state index in [1.54, 1.807) is 6.07 Å². The standard InChI is InChI=1S/C14H13FN2O5/c1-21-14(20)12(18)6-13(19)17(22-2)8-9-3-4-11(15)10(5-9)7-16/h3-6,18H,8H2,1-2H3. The van der Waals surface area contributed by atoms with Crippen LogP contribution in [0.15, 0.2) is 30.0 Å². The van der Waals surface area contributed by atoms with Crippen molar-refractivity contribution < 1.29 is 28.7 Å². The minimum atomic E-state index is -1.07. The van der Waals surface area contributed by atoms with Gasteiger partial charge in [0.1, 0.15) is 11.9 Å². The largest absolute Gasteiger partial charge is 0.502 e. The van der Waals surface area contributed by atoms with Gasteiger partial charge in [0.05, 0.1) is 32.4 Å². The van der Waals surface area contributed by atoms with Gasteiger partial charge in [-0.15, -0.1) is 0 Å². The van der Waals surface area contributed by atoms with Crippen LogP contribution in [-0.2, 0) is 25.7 Å². The van der Waals surface area contributed by atoms with Gasteiger partial charge in [0.2, 0.25) is 5.76 Å². The van der Waals surface area contributed by atoms with Crippen molar-refractivity contribution in [2.24, 2.45) is 0 Å². The SMILES string of the molecule is COC(=O)C(O)=CC(=O)N(Cc1ccc(F)c(C#N)c1)OC. The van der Waals surface area contributed by atoms with Crippen molar-refractivity contribution in [3.8, 4) is 6.07 Å². The molecule has 116 valence electrons. The Kier molecular flexibility index (Phi) is 6.04. The molecule has 1 amide bonds. The van der Waals surface area contributed by atoms with E-state index in [4.69, 9.17) is 10.1 Å². The molecule has 1 aromatic rings. The molecule has 1 N–H and O–H groups in total. The van der Waals surface area contributed by atoms with Gasteiger partial charge >= 0.3 is 5.97 Å². The first-order valence-corrected chi connectivity index (χ1v) is 5.96. The first-order valence-electron chi connectivity index (χ1n) is 5.96. The average Bonchev–Trinajstić information content (AvgIpc) is 2.52. The van der Waals surface area contributed by atoms with E-state index in [1.807, 2.05) is 0 Å². The van der Waals surface area contributed by atoms with Crippen molar-refractivity contribution in [1.82, 2.24) is 5.06 Å². The Hall–Kier alpha value is -2.92. The zero-order chi connectivity index (χ0) is 16.7. The molecule has 0 aromatic heterocycles. The molecule has 7 nitrogen and oxygen atoms in total. The quantitative estimate of drug-likeness (QED) is 0.380. The van der Waals surface area contributed by atoms with Crippen LogP contribution in [0.3, 0.4) is 0 Å². The summed E-state index contributed by atoms with van der Waals surface area (Å²) in [6.45, 7) is -0.116. The Labute approximate surface area is 125 Å². The summed E-state index contributed by atoms with van der Waals surface area (Å²) in [5, 5.41) is 18.9. The van der Waals surface area contributed by atoms with Gasteiger partial charge in [-0.05, 0) is 17.7 Å². The first-order chi connectivity index (χ1) is 10.4. The zero-order valence-electron chi connectivity index (χ0n) is 11.9. The highest BCUT2D eigenvalue weighted by molar-refractivity contribution is 5.96. The molecular weight excluding hydrogens is 295 g/mol. The maximum Gasteiger partial charge on any atom is 0.373 e. The molecule has 1 aromatic carbocycles. The van der Waals surface area contributed by atoms with E-state index >= 15 is 0 Å². The molecule has 0 aliphatic rings. The van der Waals surface area contributed by atoms with E-state index in [9.17, 15) is 19.1 Å². The van der Waals surface area contributed by atoms with Gasteiger partial charge in [0.25, 0.3) is 5.91 Å². The second-order valence-corrected chi connectivity index (χ2v) is 4.00. The molecule has 0 aliphatic heterocycles. The molecule has 0 saturated heterocycles. The number of rotatable bonds is 5. The number of hydrogen-bond acceptors (Lipinski definition) is 6. The number of aliphatic hydroxyl groups excluding tert-OH is 1. The van der Waals surface area contributed by atoms with E-state index in [0.717, 1.165) is 18.2 Å². The molecule has 0 unspecified atom stereocenters. The molecule has 22 heavy (non-hydrogen) atoms. The number of ether oxygens (including phenoxy) is 1. The second-order valence-electron chi connectivity index (χ2n) is 4.00. The molecule has 0 atom stereocenters. The number of aliphatic hydroxyl groups is 1. The molecule has 0 aliphatic carbocycles. The van der Waals surface area contributed by atoms with Crippen molar-refractivity contribution in [1.29, 1.82) is 5.26 Å². The number of benzene rings is 1. The number of hydrogen-bond donors (Lipinski definition) is 1. The van der Waals surface area contributed by atoms with E-state index < -0.39 is 23.5 Å². The van der Waals surface area contributed by atoms with Gasteiger partial charge < -0.3 is 9.84 Å². The predicted molar refractivity (Wildman–Crippen MR) is 71.4 cm³/mol. The third kappa shape index (κ3) is 4.29. The van der Waals surface area contributed by atoms with Crippen LogP contribution >= 0.6 is 0 Å². The first kappa shape index (κ1) is 17.1. The maximum absolute atomic E-state index is 13.2. The lowest BCUT2D eigenvalue weighted by molar-refractivity contribution is -0.173. The highest BCUT2D eigenvalue weighted by atomic mass is 19.1. The van der Waals surface area contributed by atoms with Crippen LogP contribution in [0.25, 0.3) is 0 Å². The zero-order valence-corrected chi connectivity index (χ0v) is 11.9. The molecule has 0 fully saturated rings. The third-order valence-electron chi connectivity index (χ3n) is 2.60. The van der Waals surface area contributed by atoms with Gasteiger partial charge in [-0.25, -0.2) is 14.2 Å². The van der Waals surface area contributed by atoms with E-state index in [1.165, 1.54) is 19.2 Å². The summed E-state index contributed by atoms with van der Waals surface area (Å²) in [5.41, 5.74) is 0.257. The van der Waals surface area contributed by atoms with Crippen molar-refractivity contribution in [3.05, 3.63) is 47.0 Å². The lowest BCUT2D eigenvalue weighted by Gasteiger charge is -2.18. The van der Waals surface area contributed by atoms with Crippen LogP contribution in [0.2, 0.25) is 0 Å². The van der Waals surface area contributed by atoms with Gasteiger partial charge in [-0.2, -0.15) is 5.26 Å². The summed E-state index contributed by atoms with van der Waals surface area (Å²) in [4.78, 5) is 27.7. The number of nitrogens with zero attached hydrogens (tertiary/aromatic N) is 2. The van der Waals surface area contributed by atoms with Gasteiger partial charge in [0, 0.05) is 0 Å². The van der Waals surface area contributed by atoms with E-state index in [0.29, 0.717) is 11.6 Å². The lowest BCUT2D eigenvalue weighted by atomic mass is 10.1. The Bertz CT molecular complexity index is 651. The topological polar surface area (TPSA) is 99.9 Å². The Balaban J connectivity index is 2.92. The van der Waals surface area contributed by atoms with Gasteiger partial charge in [0.15, 0.2) is 0 Å². The fourth-order valence-electron chi connectivity index (χ4n) is 1.51. The number of halogens is 1. The summed E-state index contributed by atoms with van der Waals surface area (Å²) >= 11 is 0. The Morgan fingerprint density at radius 3 is 2.68 bits per heavy atom. The molecule has 1 rings (SSSR count). The van der Waals surface area contributed by atoms with Crippen molar-refractivity contribution >= 4 is 11.9 Å². The van der Waals surface area contributed by atoms with Gasteiger partial charge in [-0.3, -0.25) is 9.63 Å². The predicted octanol–water partition coefficient (Wildman–Crippen LogP) is 1.20. The summed E-state index contributed by atoms with van der Waals surface area (Å²) in [6.07, 6.45) is 0.629. The third-order valence-corrected chi connectivity index (χ3v) is 2.60. The van der Waals surface area contributed by atoms with E-state index in [-0.39, 0.29) is 12.1 Å². The van der Waals surface area contributed by atoms with Crippen LogP contribution in [0.1, 0.15) is 11.1 Å². The molecule has 0 radical (unpaired) electrons. The van der Waals surface area contributed by atoms with Crippen molar-refractivity contribution in [2.75, 3.05) is 14.2 Å². The lowest BCUT2D eigenvalue weighted by Crippen LogP contribution is -2.28. The summed E-state index contributed by atoms with van der Waals surface area (Å²) in [7, 11) is 2.25. The molecule has 0 saturated carbocycles. The monoisotopic (exact) mass is 308 g/mol. The van der Waals surface area contributed by atoms with E-state index in [2.05, 4.69) is 4.74 Å². The number of methoxy groups -OCH3 is 1. The van der Waals surface area contributed by atoms with Crippen LogP contribution in [0.5, 0.6) is 0 Å². The molecule has 0 spiro atoms. The number of esters is 1. The molecule has 0 heterocycles. The smallest absolute Gasteiger partial charge is 0.373 e. The summed E-state index contributed by atoms with van der Waals surface area (Å²) in [5.74, 6) is -3.46. The normalized spacial score (nSPS) is 10.7. The number of carbonyl (C=O) groups excluding carboxylic acids is 2. The Morgan fingerprint density at radius 1 is 1.45 bits per heavy atom. The summed E-state index contributed by atoms with van der Waals surface area (Å²) in [6, 6.07) is 5.41. The number of carbonyl (C=O) groups is 2. The van der Waals surface area contributed by atoms with Crippen molar-refractivity contribution in [3.63, 3.8) is 0 Å². The summed E-state index contributed by atoms with van der Waals surface area (Å²) < 4.78 is 17.5. The second kappa shape index (κ2) is 7.75.